The molecule has 2 aliphatic rings. The molecule has 1 heterocycles. The monoisotopic (exact) mass is 193 g/mol. The van der Waals surface area contributed by atoms with Crippen LogP contribution in [0.4, 0.5) is 0 Å². The lowest BCUT2D eigenvalue weighted by Gasteiger charge is -2.39. The van der Waals surface area contributed by atoms with E-state index in [0.29, 0.717) is 13.3 Å². The minimum Gasteiger partial charge on any atom is -0.320 e. The van der Waals surface area contributed by atoms with Crippen molar-refractivity contribution in [2.75, 3.05) is 13.3 Å². The highest BCUT2D eigenvalue weighted by Crippen LogP contribution is 2.33. The van der Waals surface area contributed by atoms with Gasteiger partial charge in [0.2, 0.25) is 6.08 Å². The van der Waals surface area contributed by atoms with Crippen LogP contribution in [-0.4, -0.2) is 25.2 Å². The van der Waals surface area contributed by atoms with E-state index in [0.717, 1.165) is 18.4 Å². The Hall–Kier alpha value is -1.22. The van der Waals surface area contributed by atoms with Crippen molar-refractivity contribution in [1.29, 1.82) is 0 Å². The molecule has 4 nitrogen and oxygen atoms in total. The third kappa shape index (κ3) is 1.82. The van der Waals surface area contributed by atoms with Gasteiger partial charge in [-0.05, 0) is 12.5 Å². The van der Waals surface area contributed by atoms with Gasteiger partial charge in [0, 0.05) is 6.42 Å². The van der Waals surface area contributed by atoms with Crippen molar-refractivity contribution in [2.24, 2.45) is 4.99 Å². The van der Waals surface area contributed by atoms with Crippen molar-refractivity contribution < 1.29 is 14.3 Å². The van der Waals surface area contributed by atoms with E-state index in [-0.39, 0.29) is 0 Å². The molecule has 0 amide bonds. The molecule has 1 spiro atoms. The lowest BCUT2D eigenvalue weighted by molar-refractivity contribution is -0.370. The number of allylic oxidation sites excluding steroid dienone is 1. The Balaban J connectivity index is 1.86. The van der Waals surface area contributed by atoms with Gasteiger partial charge in [0.25, 0.3) is 0 Å². The molecule has 1 fully saturated rings. The number of carbonyl (C=O) groups excluding carboxylic acids is 1. The molecule has 0 aromatic heterocycles. The van der Waals surface area contributed by atoms with Crippen LogP contribution in [0.25, 0.3) is 0 Å². The van der Waals surface area contributed by atoms with Crippen molar-refractivity contribution >= 4 is 6.08 Å². The van der Waals surface area contributed by atoms with E-state index in [1.165, 1.54) is 6.08 Å². The second kappa shape index (κ2) is 3.88. The maximum Gasteiger partial charge on any atom is 0.234 e. The maximum absolute atomic E-state index is 9.84. The number of aliphatic imine (C=N–C) groups is 1. The van der Waals surface area contributed by atoms with Crippen LogP contribution in [0.3, 0.4) is 0 Å². The molecule has 0 unspecified atom stereocenters. The molecule has 1 saturated heterocycles. The van der Waals surface area contributed by atoms with Gasteiger partial charge in [0.15, 0.2) is 12.6 Å². The fourth-order valence-electron chi connectivity index (χ4n) is 1.48. The lowest BCUT2D eigenvalue weighted by atomic mass is 9.99. The van der Waals surface area contributed by atoms with Gasteiger partial charge >= 0.3 is 0 Å². The van der Waals surface area contributed by atoms with Gasteiger partial charge in [-0.1, -0.05) is 17.7 Å². The number of isocyanates is 1. The highest BCUT2D eigenvalue weighted by Gasteiger charge is 2.37. The summed E-state index contributed by atoms with van der Waals surface area (Å²) in [5, 5.41) is 0. The van der Waals surface area contributed by atoms with Crippen LogP contribution in [-0.2, 0) is 14.3 Å². The summed E-state index contributed by atoms with van der Waals surface area (Å²) in [5.74, 6) is -0.489. The molecule has 0 radical (unpaired) electrons. The lowest BCUT2D eigenvalue weighted by Crippen LogP contribution is -2.45. The van der Waals surface area contributed by atoms with E-state index in [1.807, 2.05) is 12.2 Å². The van der Waals surface area contributed by atoms with Crippen LogP contribution in [0.5, 0.6) is 0 Å². The summed E-state index contributed by atoms with van der Waals surface area (Å²) in [4.78, 5) is 13.3. The van der Waals surface area contributed by atoms with Gasteiger partial charge < -0.3 is 9.47 Å². The molecule has 1 aliphatic carbocycles. The molecule has 0 atom stereocenters. The van der Waals surface area contributed by atoms with Crippen LogP contribution >= 0.6 is 0 Å². The Morgan fingerprint density at radius 1 is 1.57 bits per heavy atom. The fraction of sp³-hybridized carbons (Fsp3) is 0.500. The molecule has 0 bridgehead atoms. The zero-order valence-corrected chi connectivity index (χ0v) is 7.73. The Labute approximate surface area is 81.9 Å². The van der Waals surface area contributed by atoms with E-state index in [9.17, 15) is 4.79 Å². The molecular weight excluding hydrogens is 182 g/mol. The smallest absolute Gasteiger partial charge is 0.234 e. The van der Waals surface area contributed by atoms with Gasteiger partial charge in [0.1, 0.15) is 0 Å². The zero-order valence-electron chi connectivity index (χ0n) is 7.73. The van der Waals surface area contributed by atoms with Gasteiger partial charge in [-0.15, -0.1) is 0 Å². The summed E-state index contributed by atoms with van der Waals surface area (Å²) in [6.07, 6.45) is 8.96. The number of hydrogen-bond acceptors (Lipinski definition) is 4. The van der Waals surface area contributed by atoms with Crippen LogP contribution in [0.2, 0.25) is 0 Å². The quantitative estimate of drug-likeness (QED) is 0.501. The van der Waals surface area contributed by atoms with E-state index < -0.39 is 5.79 Å². The molecule has 0 saturated carbocycles. The minimum absolute atomic E-state index is 0.378. The normalized spacial score (nSPS) is 22.4. The standard InChI is InChI=1S/C10H11NO3/c12-7-11-6-3-9-1-4-10(5-2-9)13-8-14-10/h1-2,4H,3,5-6,8H2. The minimum atomic E-state index is -0.489. The molecule has 1 aliphatic heterocycles. The topological polar surface area (TPSA) is 47.9 Å². The van der Waals surface area contributed by atoms with Crippen molar-refractivity contribution in [3.63, 3.8) is 0 Å². The average Bonchev–Trinajstić information content (AvgIpc) is 2.17. The second-order valence-electron chi connectivity index (χ2n) is 3.26. The van der Waals surface area contributed by atoms with Crippen molar-refractivity contribution in [3.05, 3.63) is 23.8 Å². The molecular formula is C10H11NO3. The Morgan fingerprint density at radius 2 is 2.43 bits per heavy atom. The van der Waals surface area contributed by atoms with Crippen LogP contribution in [0.15, 0.2) is 28.8 Å². The first-order valence-electron chi connectivity index (χ1n) is 4.54. The second-order valence-corrected chi connectivity index (χ2v) is 3.26. The van der Waals surface area contributed by atoms with Crippen LogP contribution in [0.1, 0.15) is 12.8 Å². The summed E-state index contributed by atoms with van der Waals surface area (Å²) >= 11 is 0. The number of rotatable bonds is 3. The van der Waals surface area contributed by atoms with E-state index in [1.54, 1.807) is 0 Å². The third-order valence-corrected chi connectivity index (χ3v) is 2.38. The summed E-state index contributed by atoms with van der Waals surface area (Å²) in [6.45, 7) is 0.872. The average molecular weight is 193 g/mol. The first-order valence-corrected chi connectivity index (χ1v) is 4.54. The maximum atomic E-state index is 9.84. The molecule has 14 heavy (non-hydrogen) atoms. The Bertz CT molecular complexity index is 322. The number of hydrogen-bond donors (Lipinski definition) is 0. The van der Waals surface area contributed by atoms with Gasteiger partial charge in [-0.3, -0.25) is 0 Å². The highest BCUT2D eigenvalue weighted by atomic mass is 16.9. The van der Waals surface area contributed by atoms with Gasteiger partial charge in [-0.25, -0.2) is 9.79 Å². The third-order valence-electron chi connectivity index (χ3n) is 2.38. The Kier molecular flexibility index (Phi) is 2.59. The van der Waals surface area contributed by atoms with Crippen LogP contribution < -0.4 is 0 Å². The Morgan fingerprint density at radius 3 is 2.93 bits per heavy atom. The first-order chi connectivity index (χ1) is 6.85. The van der Waals surface area contributed by atoms with E-state index in [4.69, 9.17) is 9.47 Å². The fourth-order valence-corrected chi connectivity index (χ4v) is 1.48. The SMILES string of the molecule is O=C=NCCC1=CCC2(C=C1)OCO2. The molecule has 0 aromatic rings. The molecule has 0 aromatic carbocycles. The van der Waals surface area contributed by atoms with Gasteiger partial charge in [-0.2, -0.15) is 0 Å². The number of ether oxygens (including phenoxy) is 2. The largest absolute Gasteiger partial charge is 0.320 e. The van der Waals surface area contributed by atoms with E-state index in [2.05, 4.69) is 11.1 Å². The summed E-state index contributed by atoms with van der Waals surface area (Å²) in [7, 11) is 0. The van der Waals surface area contributed by atoms with Crippen molar-refractivity contribution in [2.45, 2.75) is 18.6 Å². The molecule has 4 heteroatoms. The molecule has 74 valence electrons. The molecule has 0 N–H and O–H groups in total. The molecule has 2 rings (SSSR count). The predicted octanol–water partition coefficient (Wildman–Crippen LogP) is 1.30. The summed E-state index contributed by atoms with van der Waals surface area (Å²) in [6, 6.07) is 0. The summed E-state index contributed by atoms with van der Waals surface area (Å²) in [5.41, 5.74) is 1.16. The van der Waals surface area contributed by atoms with Crippen LogP contribution in [0, 0.1) is 0 Å². The summed E-state index contributed by atoms with van der Waals surface area (Å²) < 4.78 is 10.6. The highest BCUT2D eigenvalue weighted by molar-refractivity contribution is 5.33. The van der Waals surface area contributed by atoms with E-state index >= 15 is 0 Å². The number of nitrogens with zero attached hydrogens (tertiary/aromatic N) is 1. The van der Waals surface area contributed by atoms with Crippen molar-refractivity contribution in [3.8, 4) is 0 Å². The van der Waals surface area contributed by atoms with Gasteiger partial charge in [0.05, 0.1) is 6.54 Å². The zero-order chi connectivity index (χ0) is 9.86. The van der Waals surface area contributed by atoms with Crippen molar-refractivity contribution in [1.82, 2.24) is 0 Å². The predicted molar refractivity (Wildman–Crippen MR) is 49.2 cm³/mol. The first kappa shape index (κ1) is 9.34.